The lowest BCUT2D eigenvalue weighted by molar-refractivity contribution is -0.113. The lowest BCUT2D eigenvalue weighted by atomic mass is 10.1. The molecule has 3 aromatic rings. The molecule has 1 aromatic heterocycles. The molecule has 26 heavy (non-hydrogen) atoms. The van der Waals surface area contributed by atoms with Gasteiger partial charge in [0.05, 0.1) is 16.0 Å². The second kappa shape index (κ2) is 8.56. The van der Waals surface area contributed by atoms with Gasteiger partial charge in [-0.15, -0.1) is 11.3 Å². The van der Waals surface area contributed by atoms with Crippen molar-refractivity contribution in [1.82, 2.24) is 4.98 Å². The minimum absolute atomic E-state index is 0.00996. The van der Waals surface area contributed by atoms with E-state index in [4.69, 9.17) is 0 Å². The molecule has 1 amide bonds. The summed E-state index contributed by atoms with van der Waals surface area (Å²) in [7, 11) is 0. The monoisotopic (exact) mass is 385 g/mol. The van der Waals surface area contributed by atoms with Gasteiger partial charge in [0.15, 0.2) is 4.34 Å². The first-order valence-corrected chi connectivity index (χ1v) is 10.5. The number of carbonyl (C=O) groups excluding carboxylic acids is 1. The van der Waals surface area contributed by atoms with Gasteiger partial charge in [-0.25, -0.2) is 4.98 Å². The Hall–Kier alpha value is -2.05. The molecular formula is C20H23N3OS2. The van der Waals surface area contributed by atoms with E-state index in [1.807, 2.05) is 30.3 Å². The van der Waals surface area contributed by atoms with Gasteiger partial charge < -0.3 is 10.2 Å². The highest BCUT2D eigenvalue weighted by Crippen LogP contribution is 2.29. The molecule has 0 aliphatic carbocycles. The van der Waals surface area contributed by atoms with Crippen LogP contribution < -0.4 is 10.2 Å². The molecule has 0 saturated heterocycles. The number of amides is 1. The van der Waals surface area contributed by atoms with E-state index >= 15 is 0 Å². The van der Waals surface area contributed by atoms with Crippen LogP contribution in [0.5, 0.6) is 0 Å². The molecule has 0 aliphatic rings. The first-order chi connectivity index (χ1) is 12.6. The fourth-order valence-corrected chi connectivity index (χ4v) is 4.76. The van der Waals surface area contributed by atoms with Crippen LogP contribution in [0.2, 0.25) is 0 Å². The summed E-state index contributed by atoms with van der Waals surface area (Å²) in [5, 5.41) is 2.99. The quantitative estimate of drug-likeness (QED) is 0.569. The third kappa shape index (κ3) is 4.37. The zero-order chi connectivity index (χ0) is 18.5. The van der Waals surface area contributed by atoms with Crippen LogP contribution in [-0.2, 0) is 4.79 Å². The molecule has 6 heteroatoms. The molecule has 2 aromatic carbocycles. The molecule has 0 bridgehead atoms. The predicted octanol–water partition coefficient (Wildman–Crippen LogP) is 5.18. The van der Waals surface area contributed by atoms with Gasteiger partial charge in [0.25, 0.3) is 0 Å². The van der Waals surface area contributed by atoms with E-state index in [2.05, 4.69) is 48.1 Å². The number of nitrogens with one attached hydrogen (secondary N) is 1. The molecule has 3 rings (SSSR count). The van der Waals surface area contributed by atoms with Crippen molar-refractivity contribution in [2.24, 2.45) is 0 Å². The van der Waals surface area contributed by atoms with Gasteiger partial charge in [0.2, 0.25) is 5.91 Å². The highest BCUT2D eigenvalue weighted by molar-refractivity contribution is 8.01. The Labute approximate surface area is 162 Å². The van der Waals surface area contributed by atoms with Gasteiger partial charge in [0, 0.05) is 24.5 Å². The van der Waals surface area contributed by atoms with Gasteiger partial charge in [-0.1, -0.05) is 23.9 Å². The molecule has 0 aliphatic heterocycles. The maximum absolute atomic E-state index is 12.3. The summed E-state index contributed by atoms with van der Waals surface area (Å²) < 4.78 is 2.08. The number of nitrogens with zero attached hydrogens (tertiary/aromatic N) is 2. The van der Waals surface area contributed by atoms with Crippen LogP contribution in [-0.4, -0.2) is 29.7 Å². The Kier molecular flexibility index (Phi) is 6.16. The number of anilines is 2. The average Bonchev–Trinajstić information content (AvgIpc) is 3.05. The predicted molar refractivity (Wildman–Crippen MR) is 114 cm³/mol. The van der Waals surface area contributed by atoms with Crippen LogP contribution >= 0.6 is 23.1 Å². The first kappa shape index (κ1) is 18.7. The van der Waals surface area contributed by atoms with Crippen molar-refractivity contribution in [2.75, 3.05) is 29.1 Å². The number of carbonyl (C=O) groups is 1. The third-order valence-electron chi connectivity index (χ3n) is 4.19. The van der Waals surface area contributed by atoms with Gasteiger partial charge in [-0.3, -0.25) is 4.79 Å². The molecule has 0 spiro atoms. The Morgan fingerprint density at radius 1 is 1.19 bits per heavy atom. The van der Waals surface area contributed by atoms with Crippen molar-refractivity contribution in [3.8, 4) is 0 Å². The summed E-state index contributed by atoms with van der Waals surface area (Å²) in [5.41, 5.74) is 4.22. The summed E-state index contributed by atoms with van der Waals surface area (Å²) in [4.78, 5) is 19.1. The Morgan fingerprint density at radius 3 is 2.65 bits per heavy atom. The molecule has 1 N–H and O–H groups in total. The zero-order valence-electron chi connectivity index (χ0n) is 15.3. The molecule has 0 saturated carbocycles. The Bertz CT molecular complexity index is 870. The largest absolute Gasteiger partial charge is 0.372 e. The highest BCUT2D eigenvalue weighted by Gasteiger charge is 2.10. The maximum Gasteiger partial charge on any atom is 0.234 e. The van der Waals surface area contributed by atoms with Crippen molar-refractivity contribution in [3.05, 3.63) is 48.0 Å². The molecule has 0 unspecified atom stereocenters. The van der Waals surface area contributed by atoms with Gasteiger partial charge >= 0.3 is 0 Å². The summed E-state index contributed by atoms with van der Waals surface area (Å²) in [6, 6.07) is 14.1. The van der Waals surface area contributed by atoms with Crippen molar-refractivity contribution < 1.29 is 4.79 Å². The third-order valence-corrected chi connectivity index (χ3v) is 6.37. The second-order valence-electron chi connectivity index (χ2n) is 5.96. The van der Waals surface area contributed by atoms with E-state index in [-0.39, 0.29) is 5.91 Å². The van der Waals surface area contributed by atoms with E-state index in [0.29, 0.717) is 5.75 Å². The van der Waals surface area contributed by atoms with Crippen molar-refractivity contribution in [1.29, 1.82) is 0 Å². The molecule has 136 valence electrons. The zero-order valence-corrected chi connectivity index (χ0v) is 16.9. The van der Waals surface area contributed by atoms with Crippen molar-refractivity contribution in [3.63, 3.8) is 0 Å². The lowest BCUT2D eigenvalue weighted by Gasteiger charge is -2.23. The summed E-state index contributed by atoms with van der Waals surface area (Å²) >= 11 is 3.10. The van der Waals surface area contributed by atoms with Crippen LogP contribution in [0.1, 0.15) is 19.4 Å². The van der Waals surface area contributed by atoms with Crippen LogP contribution in [0.25, 0.3) is 10.2 Å². The number of rotatable bonds is 7. The number of hydrogen-bond acceptors (Lipinski definition) is 5. The van der Waals surface area contributed by atoms with E-state index in [1.54, 1.807) is 11.3 Å². The summed E-state index contributed by atoms with van der Waals surface area (Å²) in [6.45, 7) is 8.33. The fourth-order valence-electron chi connectivity index (χ4n) is 2.89. The Balaban J connectivity index is 1.60. The number of aryl methyl sites for hydroxylation is 1. The Morgan fingerprint density at radius 2 is 1.96 bits per heavy atom. The van der Waals surface area contributed by atoms with Gasteiger partial charge in [-0.2, -0.15) is 0 Å². The average molecular weight is 386 g/mol. The topological polar surface area (TPSA) is 45.2 Å². The molecule has 1 heterocycles. The first-order valence-electron chi connectivity index (χ1n) is 8.74. The molecule has 0 radical (unpaired) electrons. The minimum Gasteiger partial charge on any atom is -0.372 e. The maximum atomic E-state index is 12.3. The summed E-state index contributed by atoms with van der Waals surface area (Å²) in [6.07, 6.45) is 0. The number of thioether (sulfide) groups is 1. The smallest absolute Gasteiger partial charge is 0.234 e. The number of hydrogen-bond donors (Lipinski definition) is 1. The molecule has 0 atom stereocenters. The standard InChI is InChI=1S/C20H23N3OS2/c1-4-23(5-2)17-11-10-15(12-14(17)3)21-19(24)13-25-20-22-16-8-6-7-9-18(16)26-20/h6-12H,4-5,13H2,1-3H3,(H,21,24). The highest BCUT2D eigenvalue weighted by atomic mass is 32.2. The van der Waals surface area contributed by atoms with Crippen molar-refractivity contribution >= 4 is 50.6 Å². The number of aromatic nitrogens is 1. The van der Waals surface area contributed by atoms with Crippen molar-refractivity contribution in [2.45, 2.75) is 25.1 Å². The fraction of sp³-hybridized carbons (Fsp3) is 0.300. The molecule has 4 nitrogen and oxygen atoms in total. The molecule has 0 fully saturated rings. The SMILES string of the molecule is CCN(CC)c1ccc(NC(=O)CSc2nc3ccccc3s2)cc1C. The van der Waals surface area contributed by atoms with Crippen LogP contribution in [0.4, 0.5) is 11.4 Å². The normalized spacial score (nSPS) is 10.9. The second-order valence-corrected chi connectivity index (χ2v) is 8.21. The minimum atomic E-state index is -0.00996. The number of para-hydroxylation sites is 1. The van der Waals surface area contributed by atoms with E-state index in [1.165, 1.54) is 23.0 Å². The van der Waals surface area contributed by atoms with E-state index in [9.17, 15) is 4.79 Å². The van der Waals surface area contributed by atoms with Crippen LogP contribution in [0, 0.1) is 6.92 Å². The van der Waals surface area contributed by atoms with Gasteiger partial charge in [-0.05, 0) is 56.7 Å². The van der Waals surface area contributed by atoms with Gasteiger partial charge in [0.1, 0.15) is 0 Å². The van der Waals surface area contributed by atoms with E-state index < -0.39 is 0 Å². The summed E-state index contributed by atoms with van der Waals surface area (Å²) in [5.74, 6) is 0.348. The number of fused-ring (bicyclic) bond motifs is 1. The van der Waals surface area contributed by atoms with Crippen LogP contribution in [0.15, 0.2) is 46.8 Å². The van der Waals surface area contributed by atoms with Crippen LogP contribution in [0.3, 0.4) is 0 Å². The number of thiazole rings is 1. The molecular weight excluding hydrogens is 362 g/mol. The number of benzene rings is 2. The van der Waals surface area contributed by atoms with E-state index in [0.717, 1.165) is 33.3 Å². The lowest BCUT2D eigenvalue weighted by Crippen LogP contribution is -2.22.